The summed E-state index contributed by atoms with van der Waals surface area (Å²) in [5.74, 6) is -0.206. The van der Waals surface area contributed by atoms with Crippen LogP contribution in [0.1, 0.15) is 23.6 Å². The molecule has 0 fully saturated rings. The lowest BCUT2D eigenvalue weighted by molar-refractivity contribution is -0.487. The van der Waals surface area contributed by atoms with E-state index in [4.69, 9.17) is 0 Å². The van der Waals surface area contributed by atoms with Crippen LogP contribution < -0.4 is 4.90 Å². The topological polar surface area (TPSA) is 63.5 Å². The van der Waals surface area contributed by atoms with Crippen molar-refractivity contribution in [1.82, 2.24) is 0 Å². The maximum atomic E-state index is 12.3. The van der Waals surface area contributed by atoms with Gasteiger partial charge in [0.2, 0.25) is 12.5 Å². The van der Waals surface area contributed by atoms with E-state index in [-0.39, 0.29) is 12.5 Å². The number of hydrogen-bond acceptors (Lipinski definition) is 3. The third-order valence-electron chi connectivity index (χ3n) is 3.59. The Morgan fingerprint density at radius 3 is 2.56 bits per heavy atom. The number of fused-ring (bicyclic) bond motifs is 1. The van der Waals surface area contributed by atoms with E-state index < -0.39 is 10.3 Å². The molecular weight excluding hydrogens is 232 g/mol. The first-order chi connectivity index (χ1) is 8.27. The van der Waals surface area contributed by atoms with Crippen molar-refractivity contribution in [3.8, 4) is 0 Å². The Balaban J connectivity index is 2.68. The van der Waals surface area contributed by atoms with Gasteiger partial charge >= 0.3 is 0 Å². The van der Waals surface area contributed by atoms with E-state index in [9.17, 15) is 14.9 Å². The summed E-state index contributed by atoms with van der Waals surface area (Å²) in [5.41, 5.74) is 2.52. The zero-order chi connectivity index (χ0) is 13.7. The van der Waals surface area contributed by atoms with Gasteiger partial charge in [-0.2, -0.15) is 0 Å². The van der Waals surface area contributed by atoms with Gasteiger partial charge in [-0.3, -0.25) is 14.9 Å². The minimum Gasteiger partial charge on any atom is -0.314 e. The monoisotopic (exact) mass is 248 g/mol. The highest BCUT2D eigenvalue weighted by atomic mass is 16.6. The number of hydrogen-bond donors (Lipinski definition) is 0. The number of amides is 1. The fourth-order valence-electron chi connectivity index (χ4n) is 2.92. The molecule has 0 spiro atoms. The van der Waals surface area contributed by atoms with Crippen LogP contribution in [0, 0.1) is 24.0 Å². The van der Waals surface area contributed by atoms with Crippen molar-refractivity contribution >= 4 is 11.6 Å². The average molecular weight is 248 g/mol. The zero-order valence-corrected chi connectivity index (χ0v) is 11.0. The summed E-state index contributed by atoms with van der Waals surface area (Å²) in [7, 11) is 1.67. The molecule has 0 aliphatic carbocycles. The predicted octanol–water partition coefficient (Wildman–Crippen LogP) is 1.81. The molecule has 1 heterocycles. The quantitative estimate of drug-likeness (QED) is 0.592. The van der Waals surface area contributed by atoms with Gasteiger partial charge in [0.05, 0.1) is 0 Å². The van der Waals surface area contributed by atoms with Gasteiger partial charge in [0.15, 0.2) is 0 Å². The van der Waals surface area contributed by atoms with Crippen molar-refractivity contribution in [2.45, 2.75) is 26.2 Å². The van der Waals surface area contributed by atoms with Crippen LogP contribution in [0.5, 0.6) is 0 Å². The Bertz CT molecular complexity index is 553. The maximum absolute atomic E-state index is 12.3. The molecule has 0 saturated heterocycles. The van der Waals surface area contributed by atoms with Crippen molar-refractivity contribution in [2.75, 3.05) is 18.5 Å². The molecule has 0 N–H and O–H groups in total. The van der Waals surface area contributed by atoms with E-state index in [0.29, 0.717) is 0 Å². The third kappa shape index (κ3) is 1.58. The summed E-state index contributed by atoms with van der Waals surface area (Å²) in [5, 5.41) is 10.8. The molecular formula is C13H16N2O3. The van der Waals surface area contributed by atoms with Crippen LogP contribution in [0.2, 0.25) is 0 Å². The van der Waals surface area contributed by atoms with Gasteiger partial charge in [-0.05, 0) is 38.0 Å². The molecule has 0 unspecified atom stereocenters. The molecule has 2 rings (SSSR count). The van der Waals surface area contributed by atoms with Crippen LogP contribution in [0.3, 0.4) is 0 Å². The molecule has 1 amide bonds. The molecule has 18 heavy (non-hydrogen) atoms. The van der Waals surface area contributed by atoms with E-state index in [1.54, 1.807) is 14.0 Å². The average Bonchev–Trinajstić information content (AvgIpc) is 2.40. The standard InChI is InChI=1S/C13H16N2O3/c1-8-5-9(2)11-10(6-8)14(4)12(16)13(11,3)7-15(17)18/h5-6H,7H2,1-4H3/t13-/m0/s1. The Hall–Kier alpha value is -1.91. The fourth-order valence-corrected chi connectivity index (χ4v) is 2.92. The second-order valence-corrected chi connectivity index (χ2v) is 5.16. The molecule has 1 aliphatic rings. The summed E-state index contributed by atoms with van der Waals surface area (Å²) in [6.07, 6.45) is 0. The van der Waals surface area contributed by atoms with E-state index in [0.717, 1.165) is 22.4 Å². The lowest BCUT2D eigenvalue weighted by Gasteiger charge is -2.19. The number of aryl methyl sites for hydroxylation is 2. The highest BCUT2D eigenvalue weighted by molar-refractivity contribution is 6.08. The summed E-state index contributed by atoms with van der Waals surface area (Å²) in [6, 6.07) is 3.87. The zero-order valence-electron chi connectivity index (χ0n) is 11.0. The normalized spacial score (nSPS) is 22.2. The third-order valence-corrected chi connectivity index (χ3v) is 3.59. The van der Waals surface area contributed by atoms with Gasteiger partial charge in [0.25, 0.3) is 0 Å². The summed E-state index contributed by atoms with van der Waals surface area (Å²) in [6.45, 7) is 5.14. The Labute approximate surface area is 106 Å². The van der Waals surface area contributed by atoms with Crippen molar-refractivity contribution in [3.63, 3.8) is 0 Å². The molecule has 0 saturated carbocycles. The lowest BCUT2D eigenvalue weighted by atomic mass is 9.81. The molecule has 1 aromatic rings. The minimum atomic E-state index is -1.05. The molecule has 1 aromatic carbocycles. The van der Waals surface area contributed by atoms with Gasteiger partial charge in [-0.25, -0.2) is 0 Å². The van der Waals surface area contributed by atoms with Gasteiger partial charge < -0.3 is 4.90 Å². The summed E-state index contributed by atoms with van der Waals surface area (Å²) < 4.78 is 0. The van der Waals surface area contributed by atoms with E-state index >= 15 is 0 Å². The van der Waals surface area contributed by atoms with Crippen molar-refractivity contribution < 1.29 is 9.72 Å². The van der Waals surface area contributed by atoms with Gasteiger partial charge in [-0.1, -0.05) is 6.07 Å². The van der Waals surface area contributed by atoms with Crippen LogP contribution in [0.4, 0.5) is 5.69 Å². The first-order valence-corrected chi connectivity index (χ1v) is 5.79. The van der Waals surface area contributed by atoms with Crippen LogP contribution in [-0.4, -0.2) is 24.4 Å². The highest BCUT2D eigenvalue weighted by Crippen LogP contribution is 2.43. The molecule has 0 radical (unpaired) electrons. The highest BCUT2D eigenvalue weighted by Gasteiger charge is 2.50. The molecule has 0 bridgehead atoms. The second kappa shape index (κ2) is 3.80. The van der Waals surface area contributed by atoms with Crippen LogP contribution in [0.25, 0.3) is 0 Å². The molecule has 1 aliphatic heterocycles. The molecule has 96 valence electrons. The molecule has 1 atom stereocenters. The number of rotatable bonds is 2. The Kier molecular flexibility index (Phi) is 2.65. The number of likely N-dealkylation sites (N-methyl/N-ethyl adjacent to an activating group) is 1. The van der Waals surface area contributed by atoms with Crippen LogP contribution in [0.15, 0.2) is 12.1 Å². The van der Waals surface area contributed by atoms with E-state index in [1.807, 2.05) is 26.0 Å². The van der Waals surface area contributed by atoms with E-state index in [2.05, 4.69) is 0 Å². The van der Waals surface area contributed by atoms with Crippen LogP contribution in [-0.2, 0) is 10.2 Å². The van der Waals surface area contributed by atoms with Gasteiger partial charge in [0.1, 0.15) is 5.41 Å². The predicted molar refractivity (Wildman–Crippen MR) is 68.5 cm³/mol. The smallest absolute Gasteiger partial charge is 0.243 e. The first-order valence-electron chi connectivity index (χ1n) is 5.79. The molecule has 5 nitrogen and oxygen atoms in total. The Morgan fingerprint density at radius 1 is 1.39 bits per heavy atom. The largest absolute Gasteiger partial charge is 0.314 e. The molecule has 0 aromatic heterocycles. The van der Waals surface area contributed by atoms with Crippen molar-refractivity contribution in [1.29, 1.82) is 0 Å². The first kappa shape index (κ1) is 12.5. The number of nitrogens with zero attached hydrogens (tertiary/aromatic N) is 2. The number of carbonyl (C=O) groups is 1. The second-order valence-electron chi connectivity index (χ2n) is 5.16. The number of benzene rings is 1. The number of nitro groups is 1. The van der Waals surface area contributed by atoms with Crippen molar-refractivity contribution in [3.05, 3.63) is 38.9 Å². The van der Waals surface area contributed by atoms with Gasteiger partial charge in [-0.15, -0.1) is 0 Å². The summed E-state index contributed by atoms with van der Waals surface area (Å²) >= 11 is 0. The van der Waals surface area contributed by atoms with Gasteiger partial charge in [0, 0.05) is 23.2 Å². The summed E-state index contributed by atoms with van der Waals surface area (Å²) in [4.78, 5) is 24.3. The van der Waals surface area contributed by atoms with Crippen LogP contribution >= 0.6 is 0 Å². The number of anilines is 1. The van der Waals surface area contributed by atoms with Crippen molar-refractivity contribution in [2.24, 2.45) is 0 Å². The van der Waals surface area contributed by atoms with E-state index in [1.165, 1.54) is 4.90 Å². The molecule has 5 heteroatoms. The SMILES string of the molecule is Cc1cc(C)c2c(c1)N(C)C(=O)[C@@]2(C)C[N+](=O)[O-]. The number of carbonyl (C=O) groups excluding carboxylic acids is 1. The Morgan fingerprint density at radius 2 is 2.00 bits per heavy atom. The minimum absolute atomic E-state index is 0.206. The fraction of sp³-hybridized carbons (Fsp3) is 0.462. The lowest BCUT2D eigenvalue weighted by Crippen LogP contribution is -2.41. The maximum Gasteiger partial charge on any atom is 0.243 e.